The van der Waals surface area contributed by atoms with Gasteiger partial charge in [-0.15, -0.1) is 0 Å². The van der Waals surface area contributed by atoms with Crippen molar-refractivity contribution in [3.63, 3.8) is 0 Å². The summed E-state index contributed by atoms with van der Waals surface area (Å²) in [6.45, 7) is 19.8. The minimum Gasteiger partial charge on any atom is -0.495 e. The molecular formula is C42H59Cl4NO9Si. The van der Waals surface area contributed by atoms with Crippen LogP contribution in [0, 0.1) is 11.8 Å². The fourth-order valence-corrected chi connectivity index (χ4v) is 7.78. The first kappa shape index (κ1) is 49.0. The van der Waals surface area contributed by atoms with Crippen molar-refractivity contribution >= 4 is 72.6 Å². The third kappa shape index (κ3) is 15.3. The van der Waals surface area contributed by atoms with Gasteiger partial charge >= 0.3 is 11.9 Å². The number of carbonyl (C=O) groups is 3. The molecule has 2 aromatic rings. The van der Waals surface area contributed by atoms with E-state index in [2.05, 4.69) is 39.2 Å². The van der Waals surface area contributed by atoms with Gasteiger partial charge in [0, 0.05) is 18.8 Å². The van der Waals surface area contributed by atoms with Crippen molar-refractivity contribution in [2.75, 3.05) is 13.7 Å². The van der Waals surface area contributed by atoms with Crippen LogP contribution >= 0.6 is 46.4 Å². The van der Waals surface area contributed by atoms with E-state index >= 15 is 0 Å². The summed E-state index contributed by atoms with van der Waals surface area (Å²) < 4.78 is 34.5. The SMILES string of the molecule is COc1ccc(C[C@@H](NC(=O)/C=C/C[C@H](OC(=O)[C@H](CC(C)C)O[Si](C)(C)C(C)(C)C)[C@H](C)[C@H]2OC(C)(C)O[C@@H]2c2ccccc2)C(=O)OCC(Cl)(Cl)Cl)cc1Cl. The first-order valence-corrected chi connectivity index (χ1v) is 23.6. The zero-order valence-electron chi connectivity index (χ0n) is 34.8. The van der Waals surface area contributed by atoms with Gasteiger partial charge < -0.3 is 33.4 Å². The number of methoxy groups -OCH3 is 1. The number of benzene rings is 2. The minimum absolute atomic E-state index is 0.0143. The van der Waals surface area contributed by atoms with Gasteiger partial charge in [-0.2, -0.15) is 0 Å². The predicted molar refractivity (Wildman–Crippen MR) is 228 cm³/mol. The molecule has 57 heavy (non-hydrogen) atoms. The number of carbonyl (C=O) groups excluding carboxylic acids is 3. The second kappa shape index (κ2) is 20.8. The highest BCUT2D eigenvalue weighted by Crippen LogP contribution is 2.43. The molecule has 1 heterocycles. The molecule has 1 fully saturated rings. The molecule has 0 radical (unpaired) electrons. The summed E-state index contributed by atoms with van der Waals surface area (Å²) >= 11 is 23.8. The lowest BCUT2D eigenvalue weighted by molar-refractivity contribution is -0.169. The Morgan fingerprint density at radius 2 is 1.63 bits per heavy atom. The molecule has 3 rings (SSSR count). The van der Waals surface area contributed by atoms with E-state index in [1.54, 1.807) is 24.3 Å². The number of hydrogen-bond acceptors (Lipinski definition) is 9. The molecule has 1 aliphatic heterocycles. The van der Waals surface area contributed by atoms with Gasteiger partial charge in [0.1, 0.15) is 36.7 Å². The Bertz CT molecular complexity index is 1680. The Labute approximate surface area is 359 Å². The molecule has 0 unspecified atom stereocenters. The third-order valence-electron chi connectivity index (χ3n) is 10.1. The number of alkyl halides is 3. The smallest absolute Gasteiger partial charge is 0.334 e. The molecular weight excluding hydrogens is 832 g/mol. The topological polar surface area (TPSA) is 119 Å². The third-order valence-corrected chi connectivity index (χ3v) is 15.2. The van der Waals surface area contributed by atoms with E-state index < -0.39 is 78.7 Å². The van der Waals surface area contributed by atoms with Crippen molar-refractivity contribution in [3.8, 4) is 5.75 Å². The number of nitrogens with one attached hydrogen (secondary N) is 1. The van der Waals surface area contributed by atoms with Crippen molar-refractivity contribution in [2.45, 2.75) is 133 Å². The zero-order valence-corrected chi connectivity index (χ0v) is 38.9. The summed E-state index contributed by atoms with van der Waals surface area (Å²) in [5.74, 6) is -2.62. The van der Waals surface area contributed by atoms with Crippen LogP contribution in [0.5, 0.6) is 5.75 Å². The zero-order chi connectivity index (χ0) is 42.9. The van der Waals surface area contributed by atoms with Crippen LogP contribution in [0.15, 0.2) is 60.7 Å². The molecule has 6 atom stereocenters. The monoisotopic (exact) mass is 889 g/mol. The summed E-state index contributed by atoms with van der Waals surface area (Å²) in [5.41, 5.74) is 1.54. The molecule has 1 saturated heterocycles. The molecule has 0 saturated carbocycles. The van der Waals surface area contributed by atoms with Crippen LogP contribution < -0.4 is 10.1 Å². The van der Waals surface area contributed by atoms with Gasteiger partial charge in [0.05, 0.1) is 18.2 Å². The molecule has 1 N–H and O–H groups in total. The van der Waals surface area contributed by atoms with Crippen molar-refractivity contribution in [1.29, 1.82) is 0 Å². The number of esters is 2. The quantitative estimate of drug-likeness (QED) is 0.0675. The lowest BCUT2D eigenvalue weighted by Crippen LogP contribution is -2.48. The molecule has 0 aliphatic carbocycles. The highest BCUT2D eigenvalue weighted by atomic mass is 35.6. The van der Waals surface area contributed by atoms with Gasteiger partial charge in [-0.25, -0.2) is 9.59 Å². The fourth-order valence-electron chi connectivity index (χ4n) is 6.08. The summed E-state index contributed by atoms with van der Waals surface area (Å²) in [4.78, 5) is 40.8. The molecule has 318 valence electrons. The largest absolute Gasteiger partial charge is 0.495 e. The number of halogens is 4. The van der Waals surface area contributed by atoms with Gasteiger partial charge in [0.2, 0.25) is 9.70 Å². The average Bonchev–Trinajstić information content (AvgIpc) is 3.43. The molecule has 0 aromatic heterocycles. The van der Waals surface area contributed by atoms with Crippen LogP contribution in [-0.2, 0) is 44.2 Å². The molecule has 1 amide bonds. The van der Waals surface area contributed by atoms with E-state index in [4.69, 9.17) is 74.5 Å². The van der Waals surface area contributed by atoms with Crippen LogP contribution in [0.2, 0.25) is 23.2 Å². The Morgan fingerprint density at radius 3 is 2.19 bits per heavy atom. The summed E-state index contributed by atoms with van der Waals surface area (Å²) in [6.07, 6.45) is 0.983. The normalized spacial score (nSPS) is 19.5. The minimum atomic E-state index is -2.38. The van der Waals surface area contributed by atoms with Crippen molar-refractivity contribution in [3.05, 3.63) is 76.8 Å². The van der Waals surface area contributed by atoms with E-state index in [-0.39, 0.29) is 23.8 Å². The van der Waals surface area contributed by atoms with Crippen LogP contribution in [0.3, 0.4) is 0 Å². The number of ether oxygens (including phenoxy) is 5. The van der Waals surface area contributed by atoms with E-state index in [0.717, 1.165) is 5.56 Å². The maximum Gasteiger partial charge on any atom is 0.334 e. The molecule has 0 spiro atoms. The average molecular weight is 892 g/mol. The summed E-state index contributed by atoms with van der Waals surface area (Å²) in [7, 11) is -0.893. The number of hydrogen-bond donors (Lipinski definition) is 1. The van der Waals surface area contributed by atoms with Gasteiger partial charge in [0.25, 0.3) is 0 Å². The second-order valence-electron chi connectivity index (χ2n) is 16.9. The molecule has 15 heteroatoms. The van der Waals surface area contributed by atoms with Crippen LogP contribution in [-0.4, -0.2) is 73.8 Å². The van der Waals surface area contributed by atoms with Gasteiger partial charge in [-0.05, 0) is 73.7 Å². The van der Waals surface area contributed by atoms with Crippen molar-refractivity contribution in [2.24, 2.45) is 11.8 Å². The fraction of sp³-hybridized carbons (Fsp3) is 0.595. The Balaban J connectivity index is 1.93. The number of rotatable bonds is 18. The van der Waals surface area contributed by atoms with E-state index in [1.807, 2.05) is 65.0 Å². The molecule has 10 nitrogen and oxygen atoms in total. The maximum atomic E-state index is 14.2. The Hall–Kier alpha value is -2.35. The van der Waals surface area contributed by atoms with Gasteiger partial charge in [-0.3, -0.25) is 4.79 Å². The first-order chi connectivity index (χ1) is 26.3. The standard InChI is InChI=1S/C42H59Cl4NO9Si/c1-26(2)22-34(56-57(10,11)40(4,5)6)39(50)53-32(27(3)36-37(55-41(7,8)54-36)29-16-13-12-14-17-29)18-15-19-35(48)47-31(38(49)52-25-42(44,45)46)24-28-20-21-33(51-9)30(43)23-28/h12-17,19-21,23,26-27,31-32,34,36-37H,18,22,24-25H2,1-11H3,(H,47,48)/b19-15+/t27-,31+,32-,34-,36+,37+/m0/s1. The van der Waals surface area contributed by atoms with Gasteiger partial charge in [0.15, 0.2) is 14.1 Å². The van der Waals surface area contributed by atoms with Gasteiger partial charge in [-0.1, -0.05) is 130 Å². The van der Waals surface area contributed by atoms with Crippen molar-refractivity contribution in [1.82, 2.24) is 5.32 Å². The van der Waals surface area contributed by atoms with E-state index in [1.165, 1.54) is 13.2 Å². The number of amides is 1. The van der Waals surface area contributed by atoms with Crippen LogP contribution in [0.4, 0.5) is 0 Å². The molecule has 1 aliphatic rings. The summed E-state index contributed by atoms with van der Waals surface area (Å²) in [6, 6.07) is 13.6. The molecule has 0 bridgehead atoms. The van der Waals surface area contributed by atoms with E-state index in [9.17, 15) is 14.4 Å². The Kier molecular flexibility index (Phi) is 17.8. The first-order valence-electron chi connectivity index (χ1n) is 19.1. The lowest BCUT2D eigenvalue weighted by Gasteiger charge is -2.39. The van der Waals surface area contributed by atoms with Crippen LogP contribution in [0.25, 0.3) is 0 Å². The highest BCUT2D eigenvalue weighted by molar-refractivity contribution is 6.74. The second-order valence-corrected chi connectivity index (χ2v) is 24.5. The predicted octanol–water partition coefficient (Wildman–Crippen LogP) is 10.1. The maximum absolute atomic E-state index is 14.2. The summed E-state index contributed by atoms with van der Waals surface area (Å²) in [5, 5.41) is 2.88. The van der Waals surface area contributed by atoms with Crippen LogP contribution in [0.1, 0.15) is 85.5 Å². The van der Waals surface area contributed by atoms with E-state index in [0.29, 0.717) is 22.8 Å². The van der Waals surface area contributed by atoms with Crippen molar-refractivity contribution < 1.29 is 42.5 Å². The highest BCUT2D eigenvalue weighted by Gasteiger charge is 2.48. The Morgan fingerprint density at radius 1 is 0.982 bits per heavy atom. The lowest BCUT2D eigenvalue weighted by atomic mass is 9.89. The molecule has 2 aromatic carbocycles.